The Kier molecular flexibility index (Phi) is 1.53. The average Bonchev–Trinajstić information content (AvgIpc) is 2.10. The fraction of sp³-hybridized carbons (Fsp3) is 0.800. The van der Waals surface area contributed by atoms with E-state index in [0.717, 1.165) is 19.3 Å². The van der Waals surface area contributed by atoms with E-state index in [1.165, 1.54) is 0 Å². The largest absolute Gasteiger partial charge is 0.299 e. The molecule has 0 aliphatic heterocycles. The minimum absolute atomic E-state index is 0.153. The fourth-order valence-corrected chi connectivity index (χ4v) is 4.26. The van der Waals surface area contributed by atoms with E-state index in [1.807, 2.05) is 0 Å². The molecule has 0 heterocycles. The SMILES string of the molecule is O=C1C2CC3C(=O)[C@H](C2)CC1C3Br. The highest BCUT2D eigenvalue weighted by atomic mass is 79.9. The molecule has 4 aliphatic carbocycles. The summed E-state index contributed by atoms with van der Waals surface area (Å²) in [6.45, 7) is 0. The molecule has 0 spiro atoms. The molecular formula is C10H11BrO2. The molecule has 0 N–H and O–H groups in total. The van der Waals surface area contributed by atoms with Gasteiger partial charge in [-0.3, -0.25) is 9.59 Å². The third-order valence-corrected chi connectivity index (χ3v) is 5.23. The van der Waals surface area contributed by atoms with E-state index in [1.54, 1.807) is 0 Å². The second-order valence-electron chi connectivity index (χ2n) is 4.56. The van der Waals surface area contributed by atoms with Crippen LogP contribution in [0.4, 0.5) is 0 Å². The van der Waals surface area contributed by atoms with Crippen LogP contribution in [0.3, 0.4) is 0 Å². The van der Waals surface area contributed by atoms with Crippen LogP contribution < -0.4 is 0 Å². The smallest absolute Gasteiger partial charge is 0.140 e. The summed E-state index contributed by atoms with van der Waals surface area (Å²) in [7, 11) is 0. The quantitative estimate of drug-likeness (QED) is 0.605. The van der Waals surface area contributed by atoms with Gasteiger partial charge >= 0.3 is 0 Å². The molecule has 4 saturated carbocycles. The zero-order valence-corrected chi connectivity index (χ0v) is 8.79. The first kappa shape index (κ1) is 8.16. The van der Waals surface area contributed by atoms with Crippen molar-refractivity contribution in [2.24, 2.45) is 23.7 Å². The van der Waals surface area contributed by atoms with E-state index in [-0.39, 0.29) is 28.5 Å². The molecule has 0 aromatic heterocycles. The number of alkyl halides is 1. The maximum Gasteiger partial charge on any atom is 0.140 e. The van der Waals surface area contributed by atoms with Crippen LogP contribution >= 0.6 is 15.9 Å². The molecule has 0 aromatic rings. The molecule has 13 heavy (non-hydrogen) atoms. The van der Waals surface area contributed by atoms with Gasteiger partial charge in [0.1, 0.15) is 11.6 Å². The van der Waals surface area contributed by atoms with E-state index in [0.29, 0.717) is 11.6 Å². The van der Waals surface area contributed by atoms with Gasteiger partial charge in [0.15, 0.2) is 0 Å². The molecule has 4 aliphatic rings. The Balaban J connectivity index is 2.04. The number of halogens is 1. The summed E-state index contributed by atoms with van der Waals surface area (Å²) in [5, 5.41) is 0. The van der Waals surface area contributed by atoms with Gasteiger partial charge in [-0.1, -0.05) is 15.9 Å². The monoisotopic (exact) mass is 242 g/mol. The number of Topliss-reactive ketones (excluding diaryl/α,β-unsaturated/α-hetero) is 2. The predicted octanol–water partition coefficient (Wildman–Crippen LogP) is 1.56. The van der Waals surface area contributed by atoms with Gasteiger partial charge in [0.25, 0.3) is 0 Å². The molecule has 2 nitrogen and oxygen atoms in total. The highest BCUT2D eigenvalue weighted by Crippen LogP contribution is 2.52. The number of rotatable bonds is 0. The third-order valence-electron chi connectivity index (χ3n) is 3.95. The Morgan fingerprint density at radius 1 is 0.923 bits per heavy atom. The number of carbonyl (C=O) groups is 2. The molecule has 0 radical (unpaired) electrons. The Hall–Kier alpha value is -0.180. The van der Waals surface area contributed by atoms with Crippen LogP contribution in [0, 0.1) is 23.7 Å². The summed E-state index contributed by atoms with van der Waals surface area (Å²) in [6, 6.07) is 0. The van der Waals surface area contributed by atoms with Crippen molar-refractivity contribution in [1.29, 1.82) is 0 Å². The lowest BCUT2D eigenvalue weighted by Crippen LogP contribution is -2.56. The van der Waals surface area contributed by atoms with Gasteiger partial charge in [-0.15, -0.1) is 0 Å². The van der Waals surface area contributed by atoms with Crippen molar-refractivity contribution in [3.63, 3.8) is 0 Å². The van der Waals surface area contributed by atoms with Gasteiger partial charge in [-0.2, -0.15) is 0 Å². The van der Waals surface area contributed by atoms with E-state index < -0.39 is 0 Å². The standard InChI is InChI=1S/C10H11BrO2/c11-8-6-2-4-1-5(10(6)13)3-7(8)9(4)12/h4-8H,1-3H2/t4-,5?,6?,7?,8?/m1/s1. The minimum atomic E-state index is 0.153. The average molecular weight is 243 g/mol. The minimum Gasteiger partial charge on any atom is -0.299 e. The maximum atomic E-state index is 11.7. The van der Waals surface area contributed by atoms with Crippen LogP contribution in [-0.2, 0) is 9.59 Å². The summed E-state index contributed by atoms with van der Waals surface area (Å²) < 4.78 is 0. The first-order valence-electron chi connectivity index (χ1n) is 4.90. The van der Waals surface area contributed by atoms with Crippen molar-refractivity contribution in [2.75, 3.05) is 0 Å². The second-order valence-corrected chi connectivity index (χ2v) is 5.62. The van der Waals surface area contributed by atoms with E-state index >= 15 is 0 Å². The van der Waals surface area contributed by atoms with Gasteiger partial charge in [0.2, 0.25) is 0 Å². The van der Waals surface area contributed by atoms with Gasteiger partial charge in [-0.05, 0) is 19.3 Å². The third kappa shape index (κ3) is 0.888. The number of hydrogen-bond donors (Lipinski definition) is 0. The van der Waals surface area contributed by atoms with Crippen LogP contribution in [0.2, 0.25) is 0 Å². The van der Waals surface area contributed by atoms with Gasteiger partial charge < -0.3 is 0 Å². The number of carbonyl (C=O) groups excluding carboxylic acids is 2. The van der Waals surface area contributed by atoms with Crippen LogP contribution in [0.25, 0.3) is 0 Å². The van der Waals surface area contributed by atoms with Gasteiger partial charge in [0.05, 0.1) is 0 Å². The van der Waals surface area contributed by atoms with E-state index in [2.05, 4.69) is 15.9 Å². The molecular weight excluding hydrogens is 232 g/mol. The van der Waals surface area contributed by atoms with E-state index in [9.17, 15) is 9.59 Å². The van der Waals surface area contributed by atoms with Crippen LogP contribution in [0.1, 0.15) is 19.3 Å². The Morgan fingerprint density at radius 2 is 1.38 bits per heavy atom. The molecule has 4 rings (SSSR count). The summed E-state index contributed by atoms with van der Waals surface area (Å²) in [4.78, 5) is 23.7. The lowest BCUT2D eigenvalue weighted by molar-refractivity contribution is -0.149. The van der Waals surface area contributed by atoms with Crippen LogP contribution in [-0.4, -0.2) is 16.4 Å². The molecule has 70 valence electrons. The molecule has 4 bridgehead atoms. The normalized spacial score (nSPS) is 53.2. The van der Waals surface area contributed by atoms with Gasteiger partial charge in [-0.25, -0.2) is 0 Å². The van der Waals surface area contributed by atoms with Crippen LogP contribution in [0.5, 0.6) is 0 Å². The molecule has 4 unspecified atom stereocenters. The Labute approximate surface area is 85.2 Å². The first-order valence-corrected chi connectivity index (χ1v) is 5.81. The molecule has 0 aromatic carbocycles. The van der Waals surface area contributed by atoms with Crippen molar-refractivity contribution in [2.45, 2.75) is 24.1 Å². The summed E-state index contributed by atoms with van der Waals surface area (Å²) in [5.41, 5.74) is 0. The zero-order valence-electron chi connectivity index (χ0n) is 7.20. The highest BCUT2D eigenvalue weighted by Gasteiger charge is 2.56. The summed E-state index contributed by atoms with van der Waals surface area (Å²) in [6.07, 6.45) is 2.49. The summed E-state index contributed by atoms with van der Waals surface area (Å²) in [5.74, 6) is 1.59. The predicted molar refractivity (Wildman–Crippen MR) is 50.5 cm³/mol. The van der Waals surface area contributed by atoms with E-state index in [4.69, 9.17) is 0 Å². The Morgan fingerprint density at radius 3 is 1.85 bits per heavy atom. The molecule has 5 atom stereocenters. The molecule has 3 heteroatoms. The topological polar surface area (TPSA) is 34.1 Å². The van der Waals surface area contributed by atoms with Crippen molar-refractivity contribution < 1.29 is 9.59 Å². The fourth-order valence-electron chi connectivity index (χ4n) is 3.31. The number of ketones is 2. The first-order chi connectivity index (χ1) is 6.18. The van der Waals surface area contributed by atoms with Crippen molar-refractivity contribution >= 4 is 27.5 Å². The lowest BCUT2D eigenvalue weighted by atomic mass is 9.55. The molecule has 0 saturated heterocycles. The van der Waals surface area contributed by atoms with Crippen molar-refractivity contribution in [3.05, 3.63) is 0 Å². The molecule has 4 fully saturated rings. The zero-order chi connectivity index (χ0) is 9.16. The van der Waals surface area contributed by atoms with Crippen LogP contribution in [0.15, 0.2) is 0 Å². The Bertz CT molecular complexity index is 271. The lowest BCUT2D eigenvalue weighted by Gasteiger charge is -2.50. The molecule has 0 amide bonds. The highest BCUT2D eigenvalue weighted by molar-refractivity contribution is 9.09. The second kappa shape index (κ2) is 2.44. The number of hydrogen-bond acceptors (Lipinski definition) is 2. The van der Waals surface area contributed by atoms with Crippen molar-refractivity contribution in [1.82, 2.24) is 0 Å². The summed E-state index contributed by atoms with van der Waals surface area (Å²) >= 11 is 3.52. The maximum absolute atomic E-state index is 11.7. The van der Waals surface area contributed by atoms with Gasteiger partial charge in [0, 0.05) is 28.5 Å². The van der Waals surface area contributed by atoms with Crippen molar-refractivity contribution in [3.8, 4) is 0 Å².